The molecule has 1 N–H and O–H groups in total. The Kier molecular flexibility index (Phi) is 4.97. The molecule has 3 rings (SSSR count). The Morgan fingerprint density at radius 3 is 2.00 bits per heavy atom. The van der Waals surface area contributed by atoms with Crippen LogP contribution in [0.1, 0.15) is 5.56 Å². The first-order chi connectivity index (χ1) is 12.6. The molecule has 0 bridgehead atoms. The first kappa shape index (κ1) is 17.6. The molecule has 0 atom stereocenters. The summed E-state index contributed by atoms with van der Waals surface area (Å²) in [4.78, 5) is 24.5. The Morgan fingerprint density at radius 2 is 1.54 bits per heavy atom. The number of hydrogen-bond acceptors (Lipinski definition) is 5. The van der Waals surface area contributed by atoms with Gasteiger partial charge in [0.2, 0.25) is 11.7 Å². The zero-order valence-corrected chi connectivity index (χ0v) is 14.9. The summed E-state index contributed by atoms with van der Waals surface area (Å²) < 4.78 is 16.1. The summed E-state index contributed by atoms with van der Waals surface area (Å²) in [6, 6.07) is 11.0. The predicted molar refractivity (Wildman–Crippen MR) is 95.5 cm³/mol. The van der Waals surface area contributed by atoms with E-state index in [0.29, 0.717) is 17.2 Å². The van der Waals surface area contributed by atoms with Crippen molar-refractivity contribution in [3.63, 3.8) is 0 Å². The van der Waals surface area contributed by atoms with E-state index in [-0.39, 0.29) is 25.0 Å². The molecule has 0 aromatic heterocycles. The molecule has 0 aliphatic carbocycles. The van der Waals surface area contributed by atoms with E-state index in [9.17, 15) is 9.59 Å². The molecule has 2 aromatic rings. The van der Waals surface area contributed by atoms with Crippen molar-refractivity contribution < 1.29 is 23.8 Å². The number of urea groups is 1. The second-order valence-electron chi connectivity index (χ2n) is 5.75. The highest BCUT2D eigenvalue weighted by Gasteiger charge is 2.28. The molecule has 1 fully saturated rings. The maximum absolute atomic E-state index is 11.7. The van der Waals surface area contributed by atoms with Crippen LogP contribution in [0.15, 0.2) is 36.4 Å². The monoisotopic (exact) mass is 356 g/mol. The van der Waals surface area contributed by atoms with Crippen LogP contribution in [0.2, 0.25) is 0 Å². The summed E-state index contributed by atoms with van der Waals surface area (Å²) in [6.07, 6.45) is 0. The number of hydrogen-bond donors (Lipinski definition) is 1. The lowest BCUT2D eigenvalue weighted by Gasteiger charge is -2.15. The van der Waals surface area contributed by atoms with E-state index < -0.39 is 0 Å². The SMILES string of the molecule is COc1cc(-c2ccc(CN3C(=O)CNC3=O)cc2)cc(OC)c1OC. The third-order valence-corrected chi connectivity index (χ3v) is 4.23. The number of amides is 3. The van der Waals surface area contributed by atoms with Crippen LogP contribution in [-0.2, 0) is 11.3 Å². The first-order valence-electron chi connectivity index (χ1n) is 8.05. The molecule has 0 radical (unpaired) electrons. The summed E-state index contributed by atoms with van der Waals surface area (Å²) in [6.45, 7) is 0.308. The molecule has 7 heteroatoms. The van der Waals surface area contributed by atoms with E-state index in [4.69, 9.17) is 14.2 Å². The van der Waals surface area contributed by atoms with Gasteiger partial charge in [-0.05, 0) is 28.8 Å². The van der Waals surface area contributed by atoms with Crippen molar-refractivity contribution >= 4 is 11.9 Å². The maximum Gasteiger partial charge on any atom is 0.324 e. The van der Waals surface area contributed by atoms with Crippen LogP contribution in [0.3, 0.4) is 0 Å². The van der Waals surface area contributed by atoms with Gasteiger partial charge in [-0.2, -0.15) is 0 Å². The largest absolute Gasteiger partial charge is 0.493 e. The van der Waals surface area contributed by atoms with Crippen LogP contribution in [0.4, 0.5) is 4.79 Å². The van der Waals surface area contributed by atoms with Crippen LogP contribution < -0.4 is 19.5 Å². The lowest BCUT2D eigenvalue weighted by Crippen LogP contribution is -2.30. The van der Waals surface area contributed by atoms with Gasteiger partial charge in [0.15, 0.2) is 11.5 Å². The summed E-state index contributed by atoms with van der Waals surface area (Å²) in [5, 5.41) is 2.51. The van der Waals surface area contributed by atoms with Crippen LogP contribution in [0.5, 0.6) is 17.2 Å². The predicted octanol–water partition coefficient (Wildman–Crippen LogP) is 2.43. The maximum atomic E-state index is 11.7. The molecule has 0 spiro atoms. The second-order valence-corrected chi connectivity index (χ2v) is 5.75. The minimum absolute atomic E-state index is 0.0579. The fourth-order valence-corrected chi connectivity index (χ4v) is 2.85. The van der Waals surface area contributed by atoms with Gasteiger partial charge >= 0.3 is 6.03 Å². The molecule has 0 unspecified atom stereocenters. The zero-order valence-electron chi connectivity index (χ0n) is 14.9. The van der Waals surface area contributed by atoms with Crippen molar-refractivity contribution in [3.8, 4) is 28.4 Å². The lowest BCUT2D eigenvalue weighted by atomic mass is 10.0. The Hall–Kier alpha value is -3.22. The van der Waals surface area contributed by atoms with E-state index in [2.05, 4.69) is 5.32 Å². The third kappa shape index (κ3) is 3.28. The number of rotatable bonds is 6. The Balaban J connectivity index is 1.86. The van der Waals surface area contributed by atoms with Gasteiger partial charge in [0, 0.05) is 0 Å². The summed E-state index contributed by atoms with van der Waals surface area (Å²) in [5.41, 5.74) is 2.72. The van der Waals surface area contributed by atoms with E-state index in [1.165, 1.54) is 4.90 Å². The molecule has 0 saturated carbocycles. The number of imide groups is 1. The average molecular weight is 356 g/mol. The highest BCUT2D eigenvalue weighted by Crippen LogP contribution is 2.41. The van der Waals surface area contributed by atoms with Gasteiger partial charge in [0.25, 0.3) is 0 Å². The molecule has 1 aliphatic rings. The molecule has 136 valence electrons. The molecule has 1 aliphatic heterocycles. The first-order valence-corrected chi connectivity index (χ1v) is 8.05. The average Bonchev–Trinajstić information content (AvgIpc) is 2.99. The molecule has 3 amide bonds. The molecular formula is C19H20N2O5. The number of methoxy groups -OCH3 is 3. The van der Waals surface area contributed by atoms with E-state index in [1.807, 2.05) is 36.4 Å². The molecule has 7 nitrogen and oxygen atoms in total. The fourth-order valence-electron chi connectivity index (χ4n) is 2.85. The van der Waals surface area contributed by atoms with Gasteiger partial charge in [-0.15, -0.1) is 0 Å². The third-order valence-electron chi connectivity index (χ3n) is 4.23. The van der Waals surface area contributed by atoms with Gasteiger partial charge < -0.3 is 19.5 Å². The van der Waals surface area contributed by atoms with E-state index >= 15 is 0 Å². The molecule has 26 heavy (non-hydrogen) atoms. The van der Waals surface area contributed by atoms with Crippen molar-refractivity contribution in [2.24, 2.45) is 0 Å². The normalized spacial score (nSPS) is 13.6. The fraction of sp³-hybridized carbons (Fsp3) is 0.263. The van der Waals surface area contributed by atoms with Crippen molar-refractivity contribution in [2.75, 3.05) is 27.9 Å². The van der Waals surface area contributed by atoms with Crippen LogP contribution in [-0.4, -0.2) is 44.7 Å². The number of carbonyl (C=O) groups is 2. The van der Waals surface area contributed by atoms with Gasteiger partial charge in [-0.25, -0.2) is 4.79 Å². The van der Waals surface area contributed by atoms with Gasteiger partial charge in [-0.1, -0.05) is 24.3 Å². The molecule has 1 heterocycles. The molecule has 1 saturated heterocycles. The van der Waals surface area contributed by atoms with Crippen molar-refractivity contribution in [1.82, 2.24) is 10.2 Å². The van der Waals surface area contributed by atoms with Crippen molar-refractivity contribution in [2.45, 2.75) is 6.54 Å². The highest BCUT2D eigenvalue weighted by atomic mass is 16.5. The van der Waals surface area contributed by atoms with Gasteiger partial charge in [0.1, 0.15) is 0 Å². The zero-order chi connectivity index (χ0) is 18.7. The Bertz CT molecular complexity index is 791. The van der Waals surface area contributed by atoms with Gasteiger partial charge in [-0.3, -0.25) is 9.69 Å². The lowest BCUT2D eigenvalue weighted by molar-refractivity contribution is -0.125. The Morgan fingerprint density at radius 1 is 0.923 bits per heavy atom. The molecular weight excluding hydrogens is 336 g/mol. The van der Waals surface area contributed by atoms with Gasteiger partial charge in [0.05, 0.1) is 34.4 Å². The number of nitrogens with one attached hydrogen (secondary N) is 1. The van der Waals surface area contributed by atoms with Crippen molar-refractivity contribution in [1.29, 1.82) is 0 Å². The topological polar surface area (TPSA) is 77.1 Å². The Labute approximate surface area is 151 Å². The number of benzene rings is 2. The van der Waals surface area contributed by atoms with Crippen LogP contribution in [0.25, 0.3) is 11.1 Å². The minimum Gasteiger partial charge on any atom is -0.493 e. The molecule has 2 aromatic carbocycles. The quantitative estimate of drug-likeness (QED) is 0.805. The standard InChI is InChI=1S/C19H20N2O5/c1-24-15-8-14(9-16(25-2)18(15)26-3)13-6-4-12(5-7-13)11-21-17(22)10-20-19(21)23/h4-9H,10-11H2,1-3H3,(H,20,23). The van der Waals surface area contributed by atoms with Crippen LogP contribution in [0, 0.1) is 0 Å². The van der Waals surface area contributed by atoms with Crippen molar-refractivity contribution in [3.05, 3.63) is 42.0 Å². The summed E-state index contributed by atoms with van der Waals surface area (Å²) >= 11 is 0. The number of carbonyl (C=O) groups excluding carboxylic acids is 2. The highest BCUT2D eigenvalue weighted by molar-refractivity contribution is 6.01. The minimum atomic E-state index is -0.358. The second kappa shape index (κ2) is 7.35. The smallest absolute Gasteiger partial charge is 0.324 e. The van der Waals surface area contributed by atoms with Crippen LogP contribution >= 0.6 is 0 Å². The summed E-state index contributed by atoms with van der Waals surface area (Å²) in [7, 11) is 4.70. The van der Waals surface area contributed by atoms with E-state index in [1.54, 1.807) is 21.3 Å². The summed E-state index contributed by atoms with van der Waals surface area (Å²) in [5.74, 6) is 1.47. The van der Waals surface area contributed by atoms with E-state index in [0.717, 1.165) is 16.7 Å². The number of nitrogens with zero attached hydrogens (tertiary/aromatic N) is 1. The number of ether oxygens (including phenoxy) is 3.